The number of halogens is 1. The number of aromatic nitrogens is 1. The fourth-order valence-electron chi connectivity index (χ4n) is 3.44. The topological polar surface area (TPSA) is 64.4 Å². The molecule has 1 aromatic heterocycles. The molecule has 0 aliphatic heterocycles. The zero-order valence-corrected chi connectivity index (χ0v) is 15.3. The van der Waals surface area contributed by atoms with Crippen LogP contribution < -0.4 is 5.32 Å². The highest BCUT2D eigenvalue weighted by Crippen LogP contribution is 2.27. The average Bonchev–Trinajstić information content (AvgIpc) is 3.02. The molecule has 1 heterocycles. The molecule has 140 valence electrons. The van der Waals surface area contributed by atoms with E-state index in [1.165, 1.54) is 31.4 Å². The maximum Gasteiger partial charge on any atom is 0.257 e. The highest BCUT2D eigenvalue weighted by molar-refractivity contribution is 6.00. The molecule has 1 aliphatic rings. The van der Waals surface area contributed by atoms with Crippen LogP contribution >= 0.6 is 0 Å². The third-order valence-corrected chi connectivity index (χ3v) is 4.96. The molecular formula is C20H25FN2O3. The minimum atomic E-state index is -0.339. The SMILES string of the molecule is Cc1onc(-c2ccc(F)cc2)c1C(=O)NCCO[C@H]1CCCC[C@@H]1C. The largest absolute Gasteiger partial charge is 0.376 e. The smallest absolute Gasteiger partial charge is 0.257 e. The van der Waals surface area contributed by atoms with Gasteiger partial charge in [0.25, 0.3) is 5.91 Å². The first-order chi connectivity index (χ1) is 12.6. The van der Waals surface area contributed by atoms with E-state index in [1.807, 2.05) is 0 Å². The van der Waals surface area contributed by atoms with Gasteiger partial charge in [-0.25, -0.2) is 4.39 Å². The second-order valence-corrected chi connectivity index (χ2v) is 6.90. The number of nitrogens with one attached hydrogen (secondary N) is 1. The number of aryl methyl sites for hydroxylation is 1. The Morgan fingerprint density at radius 3 is 2.77 bits per heavy atom. The Balaban J connectivity index is 1.58. The molecule has 0 spiro atoms. The maximum atomic E-state index is 13.1. The standard InChI is InChI=1S/C20H25FN2O3/c1-13-5-3-4-6-17(13)25-12-11-22-20(24)18-14(2)26-23-19(18)15-7-9-16(21)10-8-15/h7-10,13,17H,3-6,11-12H2,1-2H3,(H,22,24)/t13-,17-/m0/s1. The zero-order valence-electron chi connectivity index (χ0n) is 15.3. The predicted octanol–water partition coefficient (Wildman–Crippen LogP) is 4.11. The molecule has 1 N–H and O–H groups in total. The van der Waals surface area contributed by atoms with E-state index in [9.17, 15) is 9.18 Å². The Morgan fingerprint density at radius 2 is 2.04 bits per heavy atom. The summed E-state index contributed by atoms with van der Waals surface area (Å²) in [4.78, 5) is 12.6. The third kappa shape index (κ3) is 4.30. The van der Waals surface area contributed by atoms with E-state index in [1.54, 1.807) is 19.1 Å². The second-order valence-electron chi connectivity index (χ2n) is 6.90. The molecule has 5 nitrogen and oxygen atoms in total. The highest BCUT2D eigenvalue weighted by Gasteiger charge is 2.23. The van der Waals surface area contributed by atoms with Crippen LogP contribution in [0.3, 0.4) is 0 Å². The average molecular weight is 360 g/mol. The first-order valence-corrected chi connectivity index (χ1v) is 9.18. The zero-order chi connectivity index (χ0) is 18.5. The maximum absolute atomic E-state index is 13.1. The molecule has 1 saturated carbocycles. The van der Waals surface area contributed by atoms with E-state index in [-0.39, 0.29) is 17.8 Å². The van der Waals surface area contributed by atoms with E-state index in [4.69, 9.17) is 9.26 Å². The van der Waals surface area contributed by atoms with E-state index in [0.717, 1.165) is 6.42 Å². The molecule has 6 heteroatoms. The number of rotatable bonds is 6. The van der Waals surface area contributed by atoms with Crippen LogP contribution in [0.2, 0.25) is 0 Å². The number of ether oxygens (including phenoxy) is 1. The Bertz CT molecular complexity index is 742. The van der Waals surface area contributed by atoms with E-state index in [0.29, 0.717) is 41.7 Å². The number of nitrogens with zero attached hydrogens (tertiary/aromatic N) is 1. The van der Waals surface area contributed by atoms with Gasteiger partial charge in [0.1, 0.15) is 22.8 Å². The van der Waals surface area contributed by atoms with E-state index in [2.05, 4.69) is 17.4 Å². The summed E-state index contributed by atoms with van der Waals surface area (Å²) in [5.41, 5.74) is 1.44. The molecule has 1 aromatic carbocycles. The van der Waals surface area contributed by atoms with Crippen molar-refractivity contribution in [2.75, 3.05) is 13.2 Å². The Labute approximate surface area is 152 Å². The van der Waals surface area contributed by atoms with Gasteiger partial charge in [0, 0.05) is 12.1 Å². The van der Waals surface area contributed by atoms with Crippen LogP contribution in [0.15, 0.2) is 28.8 Å². The van der Waals surface area contributed by atoms with Crippen LogP contribution in [0.1, 0.15) is 48.7 Å². The first-order valence-electron chi connectivity index (χ1n) is 9.18. The Morgan fingerprint density at radius 1 is 1.31 bits per heavy atom. The van der Waals surface area contributed by atoms with Crippen LogP contribution in [0.25, 0.3) is 11.3 Å². The van der Waals surface area contributed by atoms with Crippen molar-refractivity contribution in [3.05, 3.63) is 41.4 Å². The van der Waals surface area contributed by atoms with Crippen molar-refractivity contribution in [1.82, 2.24) is 10.5 Å². The van der Waals surface area contributed by atoms with Gasteiger partial charge < -0.3 is 14.6 Å². The van der Waals surface area contributed by atoms with Crippen LogP contribution in [0, 0.1) is 18.7 Å². The van der Waals surface area contributed by atoms with E-state index >= 15 is 0 Å². The van der Waals surface area contributed by atoms with Crippen molar-refractivity contribution in [2.45, 2.75) is 45.6 Å². The number of hydrogen-bond acceptors (Lipinski definition) is 4. The summed E-state index contributed by atoms with van der Waals surface area (Å²) in [6, 6.07) is 5.83. The summed E-state index contributed by atoms with van der Waals surface area (Å²) in [6.45, 7) is 4.82. The number of hydrogen-bond donors (Lipinski definition) is 1. The fraction of sp³-hybridized carbons (Fsp3) is 0.500. The lowest BCUT2D eigenvalue weighted by molar-refractivity contribution is -0.00294. The summed E-state index contributed by atoms with van der Waals surface area (Å²) >= 11 is 0. The van der Waals surface area contributed by atoms with Gasteiger partial charge in [-0.3, -0.25) is 4.79 Å². The summed E-state index contributed by atoms with van der Waals surface area (Å²) < 4.78 is 24.2. The molecule has 1 amide bonds. The molecule has 0 saturated heterocycles. The summed E-state index contributed by atoms with van der Waals surface area (Å²) in [6.07, 6.45) is 5.07. The molecule has 26 heavy (non-hydrogen) atoms. The van der Waals surface area contributed by atoms with Gasteiger partial charge in [-0.1, -0.05) is 24.9 Å². The van der Waals surface area contributed by atoms with Crippen LogP contribution in [-0.4, -0.2) is 30.3 Å². The lowest BCUT2D eigenvalue weighted by atomic mass is 9.88. The van der Waals surface area contributed by atoms with Crippen LogP contribution in [0.4, 0.5) is 4.39 Å². The van der Waals surface area contributed by atoms with Crippen molar-refractivity contribution in [1.29, 1.82) is 0 Å². The molecule has 0 radical (unpaired) electrons. The van der Waals surface area contributed by atoms with Gasteiger partial charge in [-0.15, -0.1) is 0 Å². The highest BCUT2D eigenvalue weighted by atomic mass is 19.1. The molecular weight excluding hydrogens is 335 g/mol. The van der Waals surface area contributed by atoms with Crippen LogP contribution in [0.5, 0.6) is 0 Å². The predicted molar refractivity (Wildman–Crippen MR) is 96.3 cm³/mol. The number of carbonyl (C=O) groups is 1. The van der Waals surface area contributed by atoms with Crippen molar-refractivity contribution in [3.8, 4) is 11.3 Å². The normalized spacial score (nSPS) is 20.1. The first kappa shape index (κ1) is 18.6. The molecule has 0 bridgehead atoms. The summed E-state index contributed by atoms with van der Waals surface area (Å²) in [7, 11) is 0. The Hall–Kier alpha value is -2.21. The van der Waals surface area contributed by atoms with Gasteiger partial charge in [0.2, 0.25) is 0 Å². The molecule has 1 fully saturated rings. The number of amides is 1. The summed E-state index contributed by atoms with van der Waals surface area (Å²) in [5, 5.41) is 6.82. The van der Waals surface area contributed by atoms with Gasteiger partial charge in [-0.05, 0) is 49.9 Å². The lowest BCUT2D eigenvalue weighted by Gasteiger charge is -2.28. The second kappa shape index (κ2) is 8.45. The minimum Gasteiger partial charge on any atom is -0.376 e. The van der Waals surface area contributed by atoms with Gasteiger partial charge in [-0.2, -0.15) is 0 Å². The number of carbonyl (C=O) groups excluding carboxylic acids is 1. The molecule has 3 rings (SSSR count). The molecule has 0 unspecified atom stereocenters. The third-order valence-electron chi connectivity index (χ3n) is 4.96. The van der Waals surface area contributed by atoms with E-state index < -0.39 is 0 Å². The molecule has 2 aromatic rings. The van der Waals surface area contributed by atoms with Gasteiger partial charge in [0.15, 0.2) is 0 Å². The van der Waals surface area contributed by atoms with Crippen molar-refractivity contribution in [3.63, 3.8) is 0 Å². The fourth-order valence-corrected chi connectivity index (χ4v) is 3.44. The minimum absolute atomic E-state index is 0.261. The van der Waals surface area contributed by atoms with Gasteiger partial charge in [0.05, 0.1) is 12.7 Å². The lowest BCUT2D eigenvalue weighted by Crippen LogP contribution is -2.32. The summed E-state index contributed by atoms with van der Waals surface area (Å²) in [5.74, 6) is 0.408. The van der Waals surface area contributed by atoms with Crippen LogP contribution in [-0.2, 0) is 4.74 Å². The molecule has 2 atom stereocenters. The van der Waals surface area contributed by atoms with Crippen molar-refractivity contribution < 1.29 is 18.4 Å². The van der Waals surface area contributed by atoms with Crippen molar-refractivity contribution >= 4 is 5.91 Å². The monoisotopic (exact) mass is 360 g/mol. The number of benzene rings is 1. The molecule has 1 aliphatic carbocycles. The Kier molecular flexibility index (Phi) is 6.04. The van der Waals surface area contributed by atoms with Gasteiger partial charge >= 0.3 is 0 Å². The van der Waals surface area contributed by atoms with Crippen molar-refractivity contribution in [2.24, 2.45) is 5.92 Å². The quantitative estimate of drug-likeness (QED) is 0.787.